The van der Waals surface area contributed by atoms with Crippen LogP contribution in [-0.2, 0) is 11.3 Å². The Labute approximate surface area is 121 Å². The smallest absolute Gasteiger partial charge is 0.240 e. The zero-order valence-corrected chi connectivity index (χ0v) is 13.8. The third-order valence-electron chi connectivity index (χ3n) is 2.87. The molecule has 1 heterocycles. The van der Waals surface area contributed by atoms with Crippen LogP contribution in [0.25, 0.3) is 0 Å². The Morgan fingerprint density at radius 2 is 2.11 bits per heavy atom. The molecular weight excluding hydrogens is 312 g/mol. The number of hydrogen-bond donors (Lipinski definition) is 1. The molecule has 0 aromatic carbocycles. The van der Waals surface area contributed by atoms with E-state index < -0.39 is 6.04 Å². The van der Waals surface area contributed by atoms with Crippen LogP contribution in [0.1, 0.15) is 32.6 Å². The van der Waals surface area contributed by atoms with Crippen molar-refractivity contribution in [1.29, 1.82) is 0 Å². The van der Waals surface area contributed by atoms with Crippen LogP contribution >= 0.6 is 27.3 Å². The lowest BCUT2D eigenvalue weighted by Crippen LogP contribution is -2.50. The topological polar surface area (TPSA) is 46.3 Å². The molecule has 0 unspecified atom stereocenters. The number of likely N-dealkylation sites (N-methyl/N-ethyl adjacent to an activating group) is 1. The normalized spacial score (nSPS) is 13.4. The van der Waals surface area contributed by atoms with Gasteiger partial charge in [0.05, 0.1) is 16.4 Å². The summed E-state index contributed by atoms with van der Waals surface area (Å²) in [6.07, 6.45) is 0. The van der Waals surface area contributed by atoms with Crippen LogP contribution in [0.4, 0.5) is 0 Å². The molecule has 0 aliphatic carbocycles. The molecule has 0 spiro atoms. The molecule has 1 aromatic rings. The molecule has 18 heavy (non-hydrogen) atoms. The number of hydrogen-bond acceptors (Lipinski definition) is 3. The van der Waals surface area contributed by atoms with E-state index in [4.69, 9.17) is 5.73 Å². The third-order valence-corrected chi connectivity index (χ3v) is 4.48. The number of carbonyl (C=O) groups is 1. The van der Waals surface area contributed by atoms with Gasteiger partial charge in [-0.1, -0.05) is 20.8 Å². The van der Waals surface area contributed by atoms with Gasteiger partial charge in [-0.25, -0.2) is 0 Å². The van der Waals surface area contributed by atoms with Crippen molar-refractivity contribution in [2.24, 2.45) is 11.1 Å². The first-order valence-corrected chi connectivity index (χ1v) is 7.65. The Morgan fingerprint density at radius 3 is 2.50 bits per heavy atom. The molecule has 0 aliphatic heterocycles. The van der Waals surface area contributed by atoms with E-state index in [0.717, 1.165) is 8.66 Å². The molecule has 0 fully saturated rings. The lowest BCUT2D eigenvalue weighted by Gasteiger charge is -2.31. The second-order valence-electron chi connectivity index (χ2n) is 5.40. The van der Waals surface area contributed by atoms with Crippen LogP contribution in [0.5, 0.6) is 0 Å². The SMILES string of the molecule is CCN(Cc1ccc(Br)s1)C(=O)[C@H](N)C(C)(C)C. The number of halogens is 1. The van der Waals surface area contributed by atoms with Gasteiger partial charge in [-0.3, -0.25) is 4.79 Å². The maximum Gasteiger partial charge on any atom is 0.240 e. The van der Waals surface area contributed by atoms with Crippen molar-refractivity contribution in [3.63, 3.8) is 0 Å². The first-order valence-electron chi connectivity index (χ1n) is 6.04. The largest absolute Gasteiger partial charge is 0.336 e. The lowest BCUT2D eigenvalue weighted by molar-refractivity contribution is -0.135. The van der Waals surface area contributed by atoms with E-state index in [0.29, 0.717) is 13.1 Å². The fraction of sp³-hybridized carbons (Fsp3) is 0.615. The van der Waals surface area contributed by atoms with Crippen molar-refractivity contribution in [2.75, 3.05) is 6.54 Å². The van der Waals surface area contributed by atoms with E-state index >= 15 is 0 Å². The highest BCUT2D eigenvalue weighted by atomic mass is 79.9. The summed E-state index contributed by atoms with van der Waals surface area (Å²) in [6.45, 7) is 9.27. The molecule has 2 N–H and O–H groups in total. The van der Waals surface area contributed by atoms with Gasteiger partial charge in [0.1, 0.15) is 0 Å². The number of rotatable bonds is 4. The molecule has 1 atom stereocenters. The maximum atomic E-state index is 12.3. The number of nitrogens with two attached hydrogens (primary N) is 1. The molecule has 102 valence electrons. The van der Waals surface area contributed by atoms with Gasteiger partial charge in [0.25, 0.3) is 0 Å². The lowest BCUT2D eigenvalue weighted by atomic mass is 9.86. The fourth-order valence-electron chi connectivity index (χ4n) is 1.54. The summed E-state index contributed by atoms with van der Waals surface area (Å²) in [5, 5.41) is 0. The minimum atomic E-state index is -0.458. The number of carbonyl (C=O) groups excluding carboxylic acids is 1. The summed E-state index contributed by atoms with van der Waals surface area (Å²) in [5.74, 6) is 0.0227. The first-order chi connectivity index (χ1) is 8.25. The van der Waals surface area contributed by atoms with Crippen LogP contribution in [0, 0.1) is 5.41 Å². The van der Waals surface area contributed by atoms with E-state index in [2.05, 4.69) is 15.9 Å². The summed E-state index contributed by atoms with van der Waals surface area (Å²) in [6, 6.07) is 3.58. The Kier molecular flexibility index (Phi) is 5.37. The van der Waals surface area contributed by atoms with Crippen LogP contribution in [-0.4, -0.2) is 23.4 Å². The first kappa shape index (κ1) is 15.7. The van der Waals surface area contributed by atoms with Crippen molar-refractivity contribution < 1.29 is 4.79 Å². The maximum absolute atomic E-state index is 12.3. The Hall–Kier alpha value is -0.390. The molecule has 1 aromatic heterocycles. The number of amides is 1. The average molecular weight is 333 g/mol. The highest BCUT2D eigenvalue weighted by Crippen LogP contribution is 2.24. The second kappa shape index (κ2) is 6.17. The molecular formula is C13H21BrN2OS. The molecule has 0 bridgehead atoms. The third kappa shape index (κ3) is 4.07. The van der Waals surface area contributed by atoms with Crippen molar-refractivity contribution in [3.8, 4) is 0 Å². The molecule has 1 amide bonds. The van der Waals surface area contributed by atoms with E-state index in [9.17, 15) is 4.79 Å². The standard InChI is InChI=1S/C13H21BrN2OS/c1-5-16(8-9-6-7-10(14)18-9)12(17)11(15)13(2,3)4/h6-7,11H,5,8,15H2,1-4H3/t11-/m0/s1. The van der Waals surface area contributed by atoms with E-state index in [-0.39, 0.29) is 11.3 Å². The minimum absolute atomic E-state index is 0.0227. The average Bonchev–Trinajstić information content (AvgIpc) is 2.68. The highest BCUT2D eigenvalue weighted by molar-refractivity contribution is 9.11. The van der Waals surface area contributed by atoms with Crippen molar-refractivity contribution in [3.05, 3.63) is 20.8 Å². The van der Waals surface area contributed by atoms with Gasteiger partial charge in [-0.15, -0.1) is 11.3 Å². The van der Waals surface area contributed by atoms with Crippen LogP contribution in [0.3, 0.4) is 0 Å². The molecule has 0 saturated carbocycles. The molecule has 0 aliphatic rings. The van der Waals surface area contributed by atoms with Crippen LogP contribution in [0.15, 0.2) is 15.9 Å². The monoisotopic (exact) mass is 332 g/mol. The summed E-state index contributed by atoms with van der Waals surface area (Å²) < 4.78 is 1.08. The van der Waals surface area contributed by atoms with E-state index in [1.54, 1.807) is 11.3 Å². The van der Waals surface area contributed by atoms with Crippen LogP contribution < -0.4 is 5.73 Å². The van der Waals surface area contributed by atoms with Crippen LogP contribution in [0.2, 0.25) is 0 Å². The summed E-state index contributed by atoms with van der Waals surface area (Å²) in [4.78, 5) is 15.3. The highest BCUT2D eigenvalue weighted by Gasteiger charge is 2.30. The Balaban J connectivity index is 2.75. The van der Waals surface area contributed by atoms with Gasteiger partial charge in [-0.05, 0) is 40.4 Å². The van der Waals surface area contributed by atoms with Gasteiger partial charge < -0.3 is 10.6 Å². The molecule has 0 saturated heterocycles. The number of thiophene rings is 1. The van der Waals surface area contributed by atoms with Gasteiger partial charge in [0.2, 0.25) is 5.91 Å². The summed E-state index contributed by atoms with van der Waals surface area (Å²) >= 11 is 5.08. The van der Waals surface area contributed by atoms with Gasteiger partial charge >= 0.3 is 0 Å². The van der Waals surface area contributed by atoms with Gasteiger partial charge in [0.15, 0.2) is 0 Å². The zero-order valence-electron chi connectivity index (χ0n) is 11.4. The van der Waals surface area contributed by atoms with Gasteiger partial charge in [0, 0.05) is 11.4 Å². The minimum Gasteiger partial charge on any atom is -0.336 e. The van der Waals surface area contributed by atoms with E-state index in [1.807, 2.05) is 44.7 Å². The predicted octanol–water partition coefficient (Wildman–Crippen LogP) is 3.23. The predicted molar refractivity (Wildman–Crippen MR) is 80.5 cm³/mol. The van der Waals surface area contributed by atoms with Crippen molar-refractivity contribution in [1.82, 2.24) is 4.90 Å². The van der Waals surface area contributed by atoms with Crippen molar-refractivity contribution in [2.45, 2.75) is 40.3 Å². The quantitative estimate of drug-likeness (QED) is 0.919. The molecule has 3 nitrogen and oxygen atoms in total. The zero-order chi connectivity index (χ0) is 13.9. The number of nitrogens with zero attached hydrogens (tertiary/aromatic N) is 1. The Morgan fingerprint density at radius 1 is 1.50 bits per heavy atom. The second-order valence-corrected chi connectivity index (χ2v) is 7.95. The Bertz CT molecular complexity index is 411. The van der Waals surface area contributed by atoms with Crippen molar-refractivity contribution >= 4 is 33.2 Å². The van der Waals surface area contributed by atoms with Gasteiger partial charge in [-0.2, -0.15) is 0 Å². The molecule has 0 radical (unpaired) electrons. The summed E-state index contributed by atoms with van der Waals surface area (Å²) in [7, 11) is 0. The molecule has 5 heteroatoms. The summed E-state index contributed by atoms with van der Waals surface area (Å²) in [5.41, 5.74) is 5.82. The van der Waals surface area contributed by atoms with E-state index in [1.165, 1.54) is 0 Å². The fourth-order valence-corrected chi connectivity index (χ4v) is 3.04. The molecule has 1 rings (SSSR count).